The molecule has 0 radical (unpaired) electrons. The Morgan fingerprint density at radius 2 is 2.04 bits per heavy atom. The molecular formula is C18H20N4O2S. The molecular weight excluding hydrogens is 336 g/mol. The number of nitro benzene ring substituents is 1. The molecule has 0 aliphatic carbocycles. The summed E-state index contributed by atoms with van der Waals surface area (Å²) in [7, 11) is 2.10. The Bertz CT molecular complexity index is 894. The topological polar surface area (TPSA) is 71.3 Å². The Morgan fingerprint density at radius 3 is 2.80 bits per heavy atom. The fourth-order valence-electron chi connectivity index (χ4n) is 2.54. The van der Waals surface area contributed by atoms with Crippen LogP contribution in [-0.2, 0) is 13.1 Å². The van der Waals surface area contributed by atoms with Crippen molar-refractivity contribution in [2.45, 2.75) is 20.0 Å². The van der Waals surface area contributed by atoms with Gasteiger partial charge in [0.25, 0.3) is 5.69 Å². The largest absolute Gasteiger partial charge is 0.357 e. The third-order valence-electron chi connectivity index (χ3n) is 4.01. The summed E-state index contributed by atoms with van der Waals surface area (Å²) in [6, 6.07) is 13.2. The Labute approximate surface area is 150 Å². The Kier molecular flexibility index (Phi) is 5.25. The van der Waals surface area contributed by atoms with Crippen LogP contribution in [0.15, 0.2) is 42.5 Å². The molecule has 0 saturated heterocycles. The molecule has 1 aromatic heterocycles. The highest BCUT2D eigenvalue weighted by Gasteiger charge is 2.10. The van der Waals surface area contributed by atoms with Crippen molar-refractivity contribution in [2.75, 3.05) is 18.9 Å². The zero-order valence-electron chi connectivity index (χ0n) is 14.2. The van der Waals surface area contributed by atoms with E-state index in [0.717, 1.165) is 28.4 Å². The SMILES string of the molecule is CCN(C)Cc1cccc(CNc2nc3ccc([N+](=O)[O-])cc3s2)c1. The highest BCUT2D eigenvalue weighted by Crippen LogP contribution is 2.29. The number of hydrogen-bond donors (Lipinski definition) is 1. The predicted octanol–water partition coefficient (Wildman–Crippen LogP) is 4.27. The summed E-state index contributed by atoms with van der Waals surface area (Å²) in [6.07, 6.45) is 0. The fraction of sp³-hybridized carbons (Fsp3) is 0.278. The van der Waals surface area contributed by atoms with E-state index in [9.17, 15) is 10.1 Å². The molecule has 3 rings (SSSR count). The van der Waals surface area contributed by atoms with Crippen molar-refractivity contribution in [3.63, 3.8) is 0 Å². The molecule has 1 heterocycles. The zero-order valence-corrected chi connectivity index (χ0v) is 15.0. The van der Waals surface area contributed by atoms with Gasteiger partial charge in [0.2, 0.25) is 0 Å². The molecule has 7 heteroatoms. The van der Waals surface area contributed by atoms with Gasteiger partial charge in [0, 0.05) is 25.2 Å². The molecule has 0 saturated carbocycles. The van der Waals surface area contributed by atoms with Gasteiger partial charge >= 0.3 is 0 Å². The minimum Gasteiger partial charge on any atom is -0.357 e. The molecule has 1 N–H and O–H groups in total. The number of nitro groups is 1. The first-order valence-electron chi connectivity index (χ1n) is 8.10. The van der Waals surface area contributed by atoms with E-state index in [-0.39, 0.29) is 10.6 Å². The lowest BCUT2D eigenvalue weighted by Gasteiger charge is -2.14. The van der Waals surface area contributed by atoms with Crippen molar-refractivity contribution in [1.82, 2.24) is 9.88 Å². The van der Waals surface area contributed by atoms with Gasteiger partial charge in [0.1, 0.15) is 0 Å². The van der Waals surface area contributed by atoms with E-state index in [4.69, 9.17) is 0 Å². The molecule has 0 fully saturated rings. The minimum atomic E-state index is -0.384. The number of nitrogens with one attached hydrogen (secondary N) is 1. The minimum absolute atomic E-state index is 0.0930. The van der Waals surface area contributed by atoms with Gasteiger partial charge in [-0.25, -0.2) is 4.98 Å². The Balaban J connectivity index is 1.70. The fourth-order valence-corrected chi connectivity index (χ4v) is 3.44. The standard InChI is InChI=1S/C18H20N4O2S/c1-3-21(2)12-14-6-4-5-13(9-14)11-19-18-20-16-8-7-15(22(23)24)10-17(16)25-18/h4-10H,3,11-12H2,1-2H3,(H,19,20). The first-order valence-corrected chi connectivity index (χ1v) is 8.92. The summed E-state index contributed by atoms with van der Waals surface area (Å²) in [5, 5.41) is 15.0. The van der Waals surface area contributed by atoms with E-state index in [2.05, 4.69) is 53.4 Å². The zero-order chi connectivity index (χ0) is 17.8. The van der Waals surface area contributed by atoms with E-state index >= 15 is 0 Å². The molecule has 0 atom stereocenters. The Morgan fingerprint density at radius 1 is 1.24 bits per heavy atom. The summed E-state index contributed by atoms with van der Waals surface area (Å²) in [5.74, 6) is 0. The summed E-state index contributed by atoms with van der Waals surface area (Å²) in [5.41, 5.74) is 3.34. The number of rotatable bonds is 7. The van der Waals surface area contributed by atoms with Crippen molar-refractivity contribution < 1.29 is 4.92 Å². The summed E-state index contributed by atoms with van der Waals surface area (Å²) < 4.78 is 0.815. The first kappa shape index (κ1) is 17.3. The van der Waals surface area contributed by atoms with Crippen LogP contribution >= 0.6 is 11.3 Å². The van der Waals surface area contributed by atoms with Gasteiger partial charge in [0.15, 0.2) is 5.13 Å². The number of nitrogens with zero attached hydrogens (tertiary/aromatic N) is 3. The number of aromatic nitrogens is 1. The highest BCUT2D eigenvalue weighted by molar-refractivity contribution is 7.22. The lowest BCUT2D eigenvalue weighted by atomic mass is 10.1. The van der Waals surface area contributed by atoms with Crippen LogP contribution < -0.4 is 5.32 Å². The van der Waals surface area contributed by atoms with E-state index in [1.807, 2.05) is 0 Å². The third kappa shape index (κ3) is 4.32. The molecule has 0 unspecified atom stereocenters. The van der Waals surface area contributed by atoms with E-state index in [1.54, 1.807) is 12.1 Å². The Hall–Kier alpha value is -2.51. The normalized spacial score (nSPS) is 11.2. The number of hydrogen-bond acceptors (Lipinski definition) is 6. The third-order valence-corrected chi connectivity index (χ3v) is 4.99. The van der Waals surface area contributed by atoms with Gasteiger partial charge in [-0.15, -0.1) is 0 Å². The van der Waals surface area contributed by atoms with E-state index < -0.39 is 0 Å². The van der Waals surface area contributed by atoms with Gasteiger partial charge < -0.3 is 10.2 Å². The number of fused-ring (bicyclic) bond motifs is 1. The van der Waals surface area contributed by atoms with Crippen molar-refractivity contribution in [3.8, 4) is 0 Å². The number of benzene rings is 2. The van der Waals surface area contributed by atoms with Gasteiger partial charge in [-0.1, -0.05) is 42.5 Å². The lowest BCUT2D eigenvalue weighted by molar-refractivity contribution is -0.384. The van der Waals surface area contributed by atoms with Crippen LogP contribution in [-0.4, -0.2) is 28.4 Å². The quantitative estimate of drug-likeness (QED) is 0.506. The lowest BCUT2D eigenvalue weighted by Crippen LogP contribution is -2.16. The maximum absolute atomic E-state index is 10.9. The summed E-state index contributed by atoms with van der Waals surface area (Å²) in [6.45, 7) is 4.75. The molecule has 6 nitrogen and oxygen atoms in total. The summed E-state index contributed by atoms with van der Waals surface area (Å²) in [4.78, 5) is 17.2. The van der Waals surface area contributed by atoms with Crippen molar-refractivity contribution >= 4 is 32.4 Å². The van der Waals surface area contributed by atoms with Gasteiger partial charge in [0.05, 0.1) is 15.1 Å². The monoisotopic (exact) mass is 356 g/mol. The molecule has 25 heavy (non-hydrogen) atoms. The average molecular weight is 356 g/mol. The van der Waals surface area contributed by atoms with Crippen LogP contribution in [0.3, 0.4) is 0 Å². The molecule has 0 amide bonds. The van der Waals surface area contributed by atoms with Gasteiger partial charge in [-0.3, -0.25) is 10.1 Å². The second kappa shape index (κ2) is 7.58. The number of non-ortho nitro benzene ring substituents is 1. The number of thiazole rings is 1. The van der Waals surface area contributed by atoms with Crippen molar-refractivity contribution in [2.24, 2.45) is 0 Å². The second-order valence-corrected chi connectivity index (χ2v) is 6.96. The molecule has 0 bridgehead atoms. The second-order valence-electron chi connectivity index (χ2n) is 5.93. The molecule has 2 aromatic carbocycles. The smallest absolute Gasteiger partial charge is 0.270 e. The molecule has 3 aromatic rings. The van der Waals surface area contributed by atoms with Crippen LogP contribution in [0.1, 0.15) is 18.1 Å². The van der Waals surface area contributed by atoms with E-state index in [1.165, 1.54) is 28.5 Å². The van der Waals surface area contributed by atoms with Crippen LogP contribution in [0.2, 0.25) is 0 Å². The molecule has 0 aliphatic heterocycles. The van der Waals surface area contributed by atoms with Crippen LogP contribution in [0.5, 0.6) is 0 Å². The van der Waals surface area contributed by atoms with Crippen LogP contribution in [0.25, 0.3) is 10.2 Å². The van der Waals surface area contributed by atoms with E-state index in [0.29, 0.717) is 6.54 Å². The van der Waals surface area contributed by atoms with Gasteiger partial charge in [-0.2, -0.15) is 0 Å². The average Bonchev–Trinajstić information content (AvgIpc) is 3.02. The van der Waals surface area contributed by atoms with Gasteiger partial charge in [-0.05, 0) is 30.8 Å². The predicted molar refractivity (Wildman–Crippen MR) is 102 cm³/mol. The highest BCUT2D eigenvalue weighted by atomic mass is 32.1. The molecule has 130 valence electrons. The summed E-state index contributed by atoms with van der Waals surface area (Å²) >= 11 is 1.43. The van der Waals surface area contributed by atoms with Crippen molar-refractivity contribution in [3.05, 3.63) is 63.7 Å². The molecule has 0 spiro atoms. The van der Waals surface area contributed by atoms with Crippen molar-refractivity contribution in [1.29, 1.82) is 0 Å². The van der Waals surface area contributed by atoms with Crippen LogP contribution in [0, 0.1) is 10.1 Å². The molecule has 0 aliphatic rings. The maximum atomic E-state index is 10.9. The van der Waals surface area contributed by atoms with Crippen LogP contribution in [0.4, 0.5) is 10.8 Å². The maximum Gasteiger partial charge on any atom is 0.270 e. The number of anilines is 1. The first-order chi connectivity index (χ1) is 12.0.